The van der Waals surface area contributed by atoms with Crippen molar-refractivity contribution in [1.82, 2.24) is 4.90 Å². The Balaban J connectivity index is 1.31. The molecule has 2 aliphatic carbocycles. The number of anilines is 1. The molecule has 2 fully saturated rings. The highest BCUT2D eigenvalue weighted by Crippen LogP contribution is 2.53. The minimum absolute atomic E-state index is 0.0431. The number of imide groups is 1. The fourth-order valence-corrected chi connectivity index (χ4v) is 5.58. The van der Waals surface area contributed by atoms with Crippen LogP contribution in [0, 0.1) is 23.7 Å². The number of benzene rings is 2. The van der Waals surface area contributed by atoms with E-state index in [1.807, 2.05) is 42.5 Å². The Hall–Kier alpha value is -3.26. The van der Waals surface area contributed by atoms with E-state index in [4.69, 9.17) is 4.74 Å². The summed E-state index contributed by atoms with van der Waals surface area (Å²) < 4.78 is 6.18. The number of carbonyl (C=O) groups is 4. The molecule has 1 heterocycles. The Labute approximate surface area is 205 Å². The minimum atomic E-state index is -1.12. The van der Waals surface area contributed by atoms with Crippen molar-refractivity contribution in [3.8, 4) is 0 Å². The lowest BCUT2D eigenvalue weighted by Gasteiger charge is -2.26. The smallest absolute Gasteiger partial charge is 0.330 e. The monoisotopic (exact) mass is 522 g/mol. The van der Waals surface area contributed by atoms with Crippen LogP contribution in [0.2, 0.25) is 0 Å². The predicted molar refractivity (Wildman–Crippen MR) is 127 cm³/mol. The van der Waals surface area contributed by atoms with Crippen LogP contribution in [0.15, 0.2) is 71.2 Å². The summed E-state index contributed by atoms with van der Waals surface area (Å²) in [5, 5.41) is 2.66. The van der Waals surface area contributed by atoms with Gasteiger partial charge in [-0.15, -0.1) is 0 Å². The maximum atomic E-state index is 13.3. The van der Waals surface area contributed by atoms with E-state index in [0.717, 1.165) is 21.4 Å². The highest BCUT2D eigenvalue weighted by Gasteiger charge is 2.61. The maximum absolute atomic E-state index is 13.3. The fraction of sp³-hybridized carbons (Fsp3) is 0.308. The molecule has 2 bridgehead atoms. The van der Waals surface area contributed by atoms with E-state index >= 15 is 0 Å². The molecule has 3 aliphatic rings. The third-order valence-corrected chi connectivity index (χ3v) is 7.36. The van der Waals surface area contributed by atoms with Gasteiger partial charge in [-0.1, -0.05) is 58.4 Å². The van der Waals surface area contributed by atoms with Crippen molar-refractivity contribution in [2.24, 2.45) is 23.7 Å². The summed E-state index contributed by atoms with van der Waals surface area (Å²) >= 11 is 3.33. The molecule has 174 valence electrons. The van der Waals surface area contributed by atoms with E-state index in [0.29, 0.717) is 5.69 Å². The summed E-state index contributed by atoms with van der Waals surface area (Å²) in [4.78, 5) is 53.2. The molecular weight excluding hydrogens is 500 g/mol. The predicted octanol–water partition coefficient (Wildman–Crippen LogP) is 3.35. The fourth-order valence-electron chi connectivity index (χ4n) is 5.31. The molecule has 1 N–H and O–H groups in total. The lowest BCUT2D eigenvalue weighted by atomic mass is 9.85. The largest absolute Gasteiger partial charge is 0.454 e. The van der Waals surface area contributed by atoms with Gasteiger partial charge >= 0.3 is 5.97 Å². The molecule has 0 aromatic heterocycles. The number of esters is 1. The first-order valence-corrected chi connectivity index (χ1v) is 12.0. The van der Waals surface area contributed by atoms with E-state index in [2.05, 4.69) is 21.2 Å². The average molecular weight is 523 g/mol. The number of ether oxygens (including phenoxy) is 1. The van der Waals surface area contributed by atoms with Gasteiger partial charge in [-0.05, 0) is 48.1 Å². The lowest BCUT2D eigenvalue weighted by molar-refractivity contribution is -0.160. The Morgan fingerprint density at radius 3 is 2.21 bits per heavy atom. The third-order valence-electron chi connectivity index (χ3n) is 6.83. The number of allylic oxidation sites excluding steroid dienone is 2. The van der Waals surface area contributed by atoms with Crippen LogP contribution >= 0.6 is 15.9 Å². The quantitative estimate of drug-likeness (QED) is 0.342. The summed E-state index contributed by atoms with van der Waals surface area (Å²) in [5.74, 6) is -2.64. The Morgan fingerprint density at radius 1 is 0.971 bits per heavy atom. The number of fused-ring (bicyclic) bond motifs is 5. The van der Waals surface area contributed by atoms with Gasteiger partial charge in [0, 0.05) is 16.6 Å². The molecule has 1 aliphatic heterocycles. The number of likely N-dealkylation sites (tertiary alicyclic amines) is 1. The van der Waals surface area contributed by atoms with Gasteiger partial charge in [0.2, 0.25) is 11.8 Å². The molecule has 5 rings (SSSR count). The molecule has 0 spiro atoms. The molecule has 1 saturated carbocycles. The van der Waals surface area contributed by atoms with Crippen LogP contribution in [0.3, 0.4) is 0 Å². The number of hydrogen-bond acceptors (Lipinski definition) is 5. The molecule has 7 nitrogen and oxygen atoms in total. The number of amides is 3. The number of nitrogens with one attached hydrogen (secondary N) is 1. The second-order valence-corrected chi connectivity index (χ2v) is 9.83. The summed E-state index contributed by atoms with van der Waals surface area (Å²) in [5.41, 5.74) is 1.35. The molecule has 1 saturated heterocycles. The molecule has 0 radical (unpaired) electrons. The molecule has 34 heavy (non-hydrogen) atoms. The first-order chi connectivity index (χ1) is 16.4. The zero-order valence-electron chi connectivity index (χ0n) is 18.2. The second kappa shape index (κ2) is 9.18. The summed E-state index contributed by atoms with van der Waals surface area (Å²) in [6, 6.07) is 15.0. The van der Waals surface area contributed by atoms with Gasteiger partial charge < -0.3 is 10.1 Å². The van der Waals surface area contributed by atoms with Crippen molar-refractivity contribution in [1.29, 1.82) is 0 Å². The number of carbonyl (C=O) groups excluding carboxylic acids is 4. The Kier molecular flexibility index (Phi) is 6.08. The van der Waals surface area contributed by atoms with Gasteiger partial charge in [-0.25, -0.2) is 4.79 Å². The van der Waals surface area contributed by atoms with Crippen LogP contribution in [-0.2, 0) is 30.3 Å². The summed E-state index contributed by atoms with van der Waals surface area (Å²) in [6.07, 6.45) is 4.97. The van der Waals surface area contributed by atoms with Crippen LogP contribution in [0.4, 0.5) is 5.69 Å². The van der Waals surface area contributed by atoms with Crippen LogP contribution in [-0.4, -0.2) is 41.2 Å². The maximum Gasteiger partial charge on any atom is 0.330 e. The summed E-state index contributed by atoms with van der Waals surface area (Å²) in [6.45, 7) is -0.518. The van der Waals surface area contributed by atoms with Crippen LogP contribution < -0.4 is 5.32 Å². The Bertz CT molecular complexity index is 1130. The zero-order chi connectivity index (χ0) is 23.8. The van der Waals surface area contributed by atoms with Crippen LogP contribution in [0.1, 0.15) is 12.0 Å². The Morgan fingerprint density at radius 2 is 1.59 bits per heavy atom. The number of hydrogen-bond donors (Lipinski definition) is 1. The number of halogens is 1. The number of rotatable bonds is 7. The standard InChI is InChI=1S/C26H23BrN2O5/c27-18-8-10-19(11-9-18)28-21(30)14-34-26(33)20(12-15-4-2-1-3-5-15)29-24(31)22-16-6-7-17(13-16)23(22)25(29)32/h1-11,16-17,20,22-23H,12-14H2,(H,28,30)/t16-,17-,20-,22+,23+/m0/s1. The van der Waals surface area contributed by atoms with E-state index in [-0.39, 0.29) is 30.1 Å². The second-order valence-electron chi connectivity index (χ2n) is 8.91. The molecule has 0 unspecified atom stereocenters. The van der Waals surface area contributed by atoms with E-state index < -0.39 is 36.4 Å². The van der Waals surface area contributed by atoms with Gasteiger partial charge in [-0.2, -0.15) is 0 Å². The van der Waals surface area contributed by atoms with Crippen molar-refractivity contribution in [2.75, 3.05) is 11.9 Å². The van der Waals surface area contributed by atoms with Crippen LogP contribution in [0.25, 0.3) is 0 Å². The lowest BCUT2D eigenvalue weighted by Crippen LogP contribution is -2.48. The van der Waals surface area contributed by atoms with Crippen molar-refractivity contribution in [3.63, 3.8) is 0 Å². The molecule has 2 aromatic carbocycles. The first kappa shape index (κ1) is 22.5. The van der Waals surface area contributed by atoms with Crippen molar-refractivity contribution < 1.29 is 23.9 Å². The normalized spacial score (nSPS) is 25.4. The molecule has 3 amide bonds. The summed E-state index contributed by atoms with van der Waals surface area (Å²) in [7, 11) is 0. The average Bonchev–Trinajstić information content (AvgIpc) is 3.52. The third kappa shape index (κ3) is 4.18. The van der Waals surface area contributed by atoms with Crippen molar-refractivity contribution in [2.45, 2.75) is 18.9 Å². The zero-order valence-corrected chi connectivity index (χ0v) is 19.8. The highest BCUT2D eigenvalue weighted by molar-refractivity contribution is 9.10. The molecule has 2 aromatic rings. The number of nitrogens with zero attached hydrogens (tertiary/aromatic N) is 1. The molecule has 8 heteroatoms. The van der Waals surface area contributed by atoms with E-state index in [1.165, 1.54) is 0 Å². The molecular formula is C26H23BrN2O5. The van der Waals surface area contributed by atoms with Gasteiger partial charge in [0.15, 0.2) is 6.61 Å². The van der Waals surface area contributed by atoms with E-state index in [1.54, 1.807) is 24.3 Å². The first-order valence-electron chi connectivity index (χ1n) is 11.2. The van der Waals surface area contributed by atoms with E-state index in [9.17, 15) is 19.2 Å². The van der Waals surface area contributed by atoms with Gasteiger partial charge in [0.25, 0.3) is 5.91 Å². The van der Waals surface area contributed by atoms with Gasteiger partial charge in [0.1, 0.15) is 6.04 Å². The highest BCUT2D eigenvalue weighted by atomic mass is 79.9. The van der Waals surface area contributed by atoms with Crippen molar-refractivity contribution >= 4 is 45.3 Å². The topological polar surface area (TPSA) is 92.8 Å². The molecule has 5 atom stereocenters. The SMILES string of the molecule is O=C(COC(=O)[C@H](Cc1ccccc1)N1C(=O)[C@H]2[C@H](C1=O)[C@H]1C=C[C@H]2C1)Nc1ccc(Br)cc1. The van der Waals surface area contributed by atoms with Crippen LogP contribution in [0.5, 0.6) is 0 Å². The van der Waals surface area contributed by atoms with Crippen molar-refractivity contribution in [3.05, 3.63) is 76.8 Å². The van der Waals surface area contributed by atoms with Gasteiger partial charge in [-0.3, -0.25) is 19.3 Å². The van der Waals surface area contributed by atoms with Gasteiger partial charge in [0.05, 0.1) is 11.8 Å². The minimum Gasteiger partial charge on any atom is -0.454 e.